The van der Waals surface area contributed by atoms with Gasteiger partial charge in [-0.1, -0.05) is 56.3 Å². The first-order valence-electron chi connectivity index (χ1n) is 14.2. The molecule has 3 aromatic rings. The second kappa shape index (κ2) is 15.8. The predicted octanol–water partition coefficient (Wildman–Crippen LogP) is 4.72. The largest absolute Gasteiger partial charge is 0.497 e. The van der Waals surface area contributed by atoms with Crippen LogP contribution in [0.4, 0.5) is 0 Å². The summed E-state index contributed by atoms with van der Waals surface area (Å²) in [7, 11) is 1.65. The maximum absolute atomic E-state index is 13.5. The molecule has 0 radical (unpaired) electrons. The number of ether oxygens (including phenoxy) is 1. The van der Waals surface area contributed by atoms with Gasteiger partial charge in [-0.15, -0.1) is 0 Å². The summed E-state index contributed by atoms with van der Waals surface area (Å²) in [6.07, 6.45) is 2.36. The van der Waals surface area contributed by atoms with Crippen LogP contribution in [0.5, 0.6) is 5.75 Å². The Labute approximate surface area is 239 Å². The summed E-state index contributed by atoms with van der Waals surface area (Å²) in [5, 5.41) is 6.59. The van der Waals surface area contributed by atoms with Gasteiger partial charge < -0.3 is 26.0 Å². The Morgan fingerprint density at radius 3 is 2.25 bits per heavy atom. The smallest absolute Gasteiger partial charge is 0.253 e. The fourth-order valence-corrected chi connectivity index (χ4v) is 4.81. The van der Waals surface area contributed by atoms with E-state index in [4.69, 9.17) is 10.5 Å². The average Bonchev–Trinajstić information content (AvgIpc) is 2.96. The number of methoxy groups -OCH3 is 1. The lowest BCUT2D eigenvalue weighted by Crippen LogP contribution is -2.53. The van der Waals surface area contributed by atoms with Crippen molar-refractivity contribution in [2.45, 2.75) is 58.7 Å². The Morgan fingerprint density at radius 2 is 1.57 bits per heavy atom. The summed E-state index contributed by atoms with van der Waals surface area (Å²) in [5.74, 6) is 0.529. The Morgan fingerprint density at radius 1 is 0.900 bits per heavy atom. The lowest BCUT2D eigenvalue weighted by atomic mass is 9.98. The molecule has 0 aliphatic heterocycles. The van der Waals surface area contributed by atoms with E-state index in [0.717, 1.165) is 35.3 Å². The molecule has 0 bridgehead atoms. The van der Waals surface area contributed by atoms with Gasteiger partial charge in [0.05, 0.1) is 7.11 Å². The summed E-state index contributed by atoms with van der Waals surface area (Å²) >= 11 is 0. The monoisotopic (exact) mass is 544 g/mol. The van der Waals surface area contributed by atoms with E-state index in [2.05, 4.69) is 24.5 Å². The molecule has 3 aromatic carbocycles. The Balaban J connectivity index is 1.75. The Bertz CT molecular complexity index is 1230. The van der Waals surface area contributed by atoms with Crippen molar-refractivity contribution in [3.63, 3.8) is 0 Å². The molecule has 40 heavy (non-hydrogen) atoms. The lowest BCUT2D eigenvalue weighted by molar-refractivity contribution is 0.0755. The third-order valence-corrected chi connectivity index (χ3v) is 6.84. The van der Waals surface area contributed by atoms with Crippen LogP contribution in [-0.2, 0) is 13.0 Å². The normalized spacial score (nSPS) is 12.4. The van der Waals surface area contributed by atoms with Crippen LogP contribution in [0.1, 0.15) is 64.1 Å². The summed E-state index contributed by atoms with van der Waals surface area (Å²) in [4.78, 5) is 28.7. The van der Waals surface area contributed by atoms with Crippen LogP contribution in [0, 0.1) is 6.92 Å². The zero-order chi connectivity index (χ0) is 28.9. The van der Waals surface area contributed by atoms with Gasteiger partial charge >= 0.3 is 0 Å². The van der Waals surface area contributed by atoms with Crippen molar-refractivity contribution < 1.29 is 14.3 Å². The van der Waals surface area contributed by atoms with E-state index < -0.39 is 0 Å². The number of nitrogens with zero attached hydrogens (tertiary/aromatic N) is 1. The molecule has 1 unspecified atom stereocenters. The molecule has 3 rings (SSSR count). The molecule has 214 valence electrons. The average molecular weight is 545 g/mol. The number of nitrogens with two attached hydrogens (primary N) is 1. The molecule has 4 N–H and O–H groups in total. The number of rotatable bonds is 15. The molecule has 7 heteroatoms. The van der Waals surface area contributed by atoms with Crippen molar-refractivity contribution in [3.8, 4) is 5.75 Å². The zero-order valence-corrected chi connectivity index (χ0v) is 24.3. The Hall–Kier alpha value is -3.68. The molecule has 0 aliphatic carbocycles. The van der Waals surface area contributed by atoms with Crippen molar-refractivity contribution in [1.82, 2.24) is 15.5 Å². The zero-order valence-electron chi connectivity index (χ0n) is 24.3. The highest BCUT2D eigenvalue weighted by Gasteiger charge is 2.23. The molecular weight excluding hydrogens is 500 g/mol. The molecule has 0 aromatic heterocycles. The summed E-state index contributed by atoms with van der Waals surface area (Å²) in [6.45, 7) is 8.56. The van der Waals surface area contributed by atoms with E-state index in [1.807, 2.05) is 78.6 Å². The van der Waals surface area contributed by atoms with Crippen LogP contribution >= 0.6 is 0 Å². The van der Waals surface area contributed by atoms with E-state index in [1.165, 1.54) is 0 Å². The molecule has 0 fully saturated rings. The number of hydrogen-bond acceptors (Lipinski definition) is 5. The van der Waals surface area contributed by atoms with Gasteiger partial charge in [0.25, 0.3) is 11.8 Å². The molecular formula is C33H44N4O3. The number of hydrogen-bond donors (Lipinski definition) is 3. The standard InChI is InChI=1S/C33H44N4O3/c1-5-15-37(16-6-2)33(39)28-18-24(3)17-27(21-28)32(38)36-31(20-25-11-8-7-9-12-25)30(34)23-35-22-26-13-10-14-29(19-26)40-4/h7-14,17-19,21,30-31,35H,5-6,15-16,20,22-23,34H2,1-4H3,(H,36,38)/t30?,31-/m0/s1. The fourth-order valence-electron chi connectivity index (χ4n) is 4.81. The van der Waals surface area contributed by atoms with E-state index in [-0.39, 0.29) is 23.9 Å². The van der Waals surface area contributed by atoms with Gasteiger partial charge in [0, 0.05) is 49.4 Å². The van der Waals surface area contributed by atoms with Crippen LogP contribution < -0.4 is 21.1 Å². The molecule has 2 amide bonds. The van der Waals surface area contributed by atoms with Crippen molar-refractivity contribution >= 4 is 11.8 Å². The topological polar surface area (TPSA) is 96.7 Å². The SMILES string of the molecule is CCCN(CCC)C(=O)c1cc(C)cc(C(=O)N[C@@H](Cc2ccccc2)C(N)CNCc2cccc(OC)c2)c1. The maximum atomic E-state index is 13.5. The van der Waals surface area contributed by atoms with Crippen LogP contribution in [0.3, 0.4) is 0 Å². The number of aryl methyl sites for hydroxylation is 1. The molecule has 0 spiro atoms. The highest BCUT2D eigenvalue weighted by atomic mass is 16.5. The second-order valence-electron chi connectivity index (χ2n) is 10.3. The second-order valence-corrected chi connectivity index (χ2v) is 10.3. The maximum Gasteiger partial charge on any atom is 0.253 e. The number of carbonyl (C=O) groups excluding carboxylic acids is 2. The highest BCUT2D eigenvalue weighted by Crippen LogP contribution is 2.15. The highest BCUT2D eigenvalue weighted by molar-refractivity contribution is 6.00. The molecule has 0 saturated carbocycles. The van der Waals surface area contributed by atoms with E-state index in [9.17, 15) is 9.59 Å². The van der Waals surface area contributed by atoms with Crippen LogP contribution in [-0.4, -0.2) is 55.5 Å². The van der Waals surface area contributed by atoms with Gasteiger partial charge in [0.15, 0.2) is 0 Å². The van der Waals surface area contributed by atoms with Crippen LogP contribution in [0.2, 0.25) is 0 Å². The number of benzene rings is 3. The quantitative estimate of drug-likeness (QED) is 0.257. The molecule has 0 saturated heterocycles. The van der Waals surface area contributed by atoms with Gasteiger partial charge in [-0.25, -0.2) is 0 Å². The summed E-state index contributed by atoms with van der Waals surface area (Å²) < 4.78 is 5.32. The van der Waals surface area contributed by atoms with E-state index in [1.54, 1.807) is 13.2 Å². The van der Waals surface area contributed by atoms with Crippen molar-refractivity contribution in [3.05, 3.63) is 101 Å². The van der Waals surface area contributed by atoms with E-state index in [0.29, 0.717) is 43.7 Å². The molecule has 0 heterocycles. The third kappa shape index (κ3) is 9.21. The van der Waals surface area contributed by atoms with Gasteiger partial charge in [0.2, 0.25) is 0 Å². The number of nitrogens with one attached hydrogen (secondary N) is 2. The third-order valence-electron chi connectivity index (χ3n) is 6.84. The summed E-state index contributed by atoms with van der Waals surface area (Å²) in [5.41, 5.74) is 10.7. The van der Waals surface area contributed by atoms with E-state index >= 15 is 0 Å². The predicted molar refractivity (Wildman–Crippen MR) is 162 cm³/mol. The van der Waals surface area contributed by atoms with Gasteiger partial charge in [-0.2, -0.15) is 0 Å². The molecule has 0 aliphatic rings. The first-order valence-corrected chi connectivity index (χ1v) is 14.2. The Kier molecular flexibility index (Phi) is 12.2. The lowest BCUT2D eigenvalue weighted by Gasteiger charge is -2.26. The number of amides is 2. The first-order chi connectivity index (χ1) is 19.3. The van der Waals surface area contributed by atoms with Gasteiger partial charge in [-0.3, -0.25) is 9.59 Å². The minimum Gasteiger partial charge on any atom is -0.497 e. The van der Waals surface area contributed by atoms with Crippen LogP contribution in [0.25, 0.3) is 0 Å². The minimum atomic E-state index is -0.342. The van der Waals surface area contributed by atoms with Gasteiger partial charge in [-0.05, 0) is 73.2 Å². The van der Waals surface area contributed by atoms with Crippen molar-refractivity contribution in [1.29, 1.82) is 0 Å². The summed E-state index contributed by atoms with van der Waals surface area (Å²) in [6, 6.07) is 22.6. The fraction of sp³-hybridized carbons (Fsp3) is 0.394. The molecule has 7 nitrogen and oxygen atoms in total. The first kappa shape index (κ1) is 30.9. The molecule has 2 atom stereocenters. The van der Waals surface area contributed by atoms with Crippen LogP contribution in [0.15, 0.2) is 72.8 Å². The van der Waals surface area contributed by atoms with Crippen molar-refractivity contribution in [2.75, 3.05) is 26.7 Å². The van der Waals surface area contributed by atoms with Gasteiger partial charge in [0.1, 0.15) is 5.75 Å². The minimum absolute atomic E-state index is 0.0410. The van der Waals surface area contributed by atoms with Crippen molar-refractivity contribution in [2.24, 2.45) is 5.73 Å². The number of carbonyl (C=O) groups is 2.